The standard InChI is InChI=1S/C11H21N2O2.C6H14N2/c1-8-6-13(7-9(2)12-8)10(14)15-11(3,4)5;1-5-3-7-4-6(2)8-5/h8-9,12H,1,6-7H2,2-5H3;5-8H,3-4H2,1-2H3/q-1;. The highest BCUT2D eigenvalue weighted by Gasteiger charge is 2.26. The van der Waals surface area contributed by atoms with Gasteiger partial charge in [-0.1, -0.05) is 0 Å². The molecule has 4 atom stereocenters. The molecule has 0 bridgehead atoms. The number of carbonyl (C=O) groups excluding carboxylic acids is 1. The molecule has 6 heteroatoms. The minimum absolute atomic E-state index is 0.0845. The Kier molecular flexibility index (Phi) is 7.77. The maximum atomic E-state index is 11.8. The van der Waals surface area contributed by atoms with E-state index in [0.717, 1.165) is 13.1 Å². The van der Waals surface area contributed by atoms with Crippen molar-refractivity contribution in [2.75, 3.05) is 26.2 Å². The zero-order valence-corrected chi connectivity index (χ0v) is 15.6. The molecular weight excluding hydrogens is 292 g/mol. The van der Waals surface area contributed by atoms with Gasteiger partial charge in [0.15, 0.2) is 0 Å². The first kappa shape index (κ1) is 20.2. The van der Waals surface area contributed by atoms with E-state index in [0.29, 0.717) is 25.2 Å². The zero-order chi connectivity index (χ0) is 17.6. The van der Waals surface area contributed by atoms with Crippen molar-refractivity contribution in [3.63, 3.8) is 0 Å². The summed E-state index contributed by atoms with van der Waals surface area (Å²) in [7, 11) is 0. The second-order valence-corrected chi connectivity index (χ2v) is 7.78. The van der Waals surface area contributed by atoms with Gasteiger partial charge in [-0.2, -0.15) is 0 Å². The molecule has 2 fully saturated rings. The van der Waals surface area contributed by atoms with Crippen LogP contribution >= 0.6 is 0 Å². The quantitative estimate of drug-likeness (QED) is 0.587. The van der Waals surface area contributed by atoms with Gasteiger partial charge in [-0.25, -0.2) is 4.79 Å². The van der Waals surface area contributed by atoms with Gasteiger partial charge in [0, 0.05) is 44.3 Å². The average molecular weight is 327 g/mol. The molecule has 2 aliphatic rings. The van der Waals surface area contributed by atoms with Gasteiger partial charge < -0.3 is 32.5 Å². The third kappa shape index (κ3) is 8.53. The molecule has 0 aromatic carbocycles. The normalized spacial score (nSPS) is 31.9. The first-order valence-corrected chi connectivity index (χ1v) is 8.60. The number of hydrogen-bond donors (Lipinski definition) is 3. The maximum Gasteiger partial charge on any atom is 0.410 e. The van der Waals surface area contributed by atoms with Gasteiger partial charge in [-0.3, -0.25) is 0 Å². The number of amides is 1. The number of hydrogen-bond acceptors (Lipinski definition) is 5. The molecule has 3 N–H and O–H groups in total. The molecule has 2 aliphatic heterocycles. The van der Waals surface area contributed by atoms with Gasteiger partial charge in [0.05, 0.1) is 0 Å². The van der Waals surface area contributed by atoms with Gasteiger partial charge in [0.1, 0.15) is 5.60 Å². The fraction of sp³-hybridized carbons (Fsp3) is 0.882. The van der Waals surface area contributed by atoms with E-state index in [1.165, 1.54) is 0 Å². The van der Waals surface area contributed by atoms with Crippen LogP contribution in [0.15, 0.2) is 0 Å². The SMILES string of the molecule is CC1CNCC(C)N1.[CH2-]C1CN(C(=O)OC(C)(C)C)CC(C)N1. The Morgan fingerprint density at radius 3 is 2.00 bits per heavy atom. The number of ether oxygens (including phenoxy) is 1. The Morgan fingerprint density at radius 1 is 1.04 bits per heavy atom. The minimum atomic E-state index is -0.429. The highest BCUT2D eigenvalue weighted by atomic mass is 16.6. The molecule has 2 rings (SSSR count). The van der Waals surface area contributed by atoms with Gasteiger partial charge in [-0.05, 0) is 41.5 Å². The summed E-state index contributed by atoms with van der Waals surface area (Å²) in [5, 5.41) is 10.0. The molecular formula is C17H35N4O2-. The molecule has 0 radical (unpaired) electrons. The maximum absolute atomic E-state index is 11.8. The number of nitrogens with one attached hydrogen (secondary N) is 3. The third-order valence-electron chi connectivity index (χ3n) is 3.58. The first-order valence-electron chi connectivity index (χ1n) is 8.60. The molecule has 2 heterocycles. The summed E-state index contributed by atoms with van der Waals surface area (Å²) in [4.78, 5) is 13.5. The van der Waals surface area contributed by atoms with Crippen molar-refractivity contribution in [2.45, 2.75) is 71.3 Å². The lowest BCUT2D eigenvalue weighted by molar-refractivity contribution is 0.0176. The topological polar surface area (TPSA) is 65.6 Å². The summed E-state index contributed by atoms with van der Waals surface area (Å²) in [6.45, 7) is 19.5. The summed E-state index contributed by atoms with van der Waals surface area (Å²) in [5.74, 6) is 0. The minimum Gasteiger partial charge on any atom is -0.444 e. The lowest BCUT2D eigenvalue weighted by Crippen LogP contribution is -2.56. The molecule has 1 amide bonds. The zero-order valence-electron chi connectivity index (χ0n) is 15.6. The highest BCUT2D eigenvalue weighted by Crippen LogP contribution is 2.12. The average Bonchev–Trinajstić information content (AvgIpc) is 2.35. The molecule has 0 aromatic rings. The van der Waals surface area contributed by atoms with Crippen LogP contribution in [0.3, 0.4) is 0 Å². The smallest absolute Gasteiger partial charge is 0.410 e. The summed E-state index contributed by atoms with van der Waals surface area (Å²) in [5.41, 5.74) is -0.429. The fourth-order valence-electron chi connectivity index (χ4n) is 2.77. The molecule has 0 aromatic heterocycles. The van der Waals surface area contributed by atoms with Crippen LogP contribution in [0.25, 0.3) is 0 Å². The van der Waals surface area contributed by atoms with Crippen LogP contribution in [0.2, 0.25) is 0 Å². The number of carbonyl (C=O) groups is 1. The molecule has 136 valence electrons. The molecule has 23 heavy (non-hydrogen) atoms. The molecule has 4 unspecified atom stereocenters. The lowest BCUT2D eigenvalue weighted by atomic mass is 10.1. The Balaban J connectivity index is 0.000000277. The number of rotatable bonds is 0. The van der Waals surface area contributed by atoms with Crippen LogP contribution in [0, 0.1) is 6.92 Å². The molecule has 6 nitrogen and oxygen atoms in total. The summed E-state index contributed by atoms with van der Waals surface area (Å²) < 4.78 is 5.31. The van der Waals surface area contributed by atoms with Crippen molar-refractivity contribution in [2.24, 2.45) is 0 Å². The van der Waals surface area contributed by atoms with E-state index in [4.69, 9.17) is 4.74 Å². The largest absolute Gasteiger partial charge is 0.444 e. The predicted molar refractivity (Wildman–Crippen MR) is 94.5 cm³/mol. The Labute approximate surface area is 141 Å². The lowest BCUT2D eigenvalue weighted by Gasteiger charge is -2.39. The van der Waals surface area contributed by atoms with Crippen LogP contribution < -0.4 is 16.0 Å². The summed E-state index contributed by atoms with van der Waals surface area (Å²) in [6.07, 6.45) is -0.246. The van der Waals surface area contributed by atoms with Gasteiger partial charge in [0.25, 0.3) is 0 Å². The Morgan fingerprint density at radius 2 is 1.61 bits per heavy atom. The van der Waals surface area contributed by atoms with Crippen LogP contribution in [-0.4, -0.2) is 66.9 Å². The monoisotopic (exact) mass is 327 g/mol. The second kappa shape index (κ2) is 8.85. The van der Waals surface area contributed by atoms with E-state index in [1.807, 2.05) is 27.7 Å². The molecule has 0 spiro atoms. The van der Waals surface area contributed by atoms with Gasteiger partial charge in [0.2, 0.25) is 0 Å². The van der Waals surface area contributed by atoms with Crippen molar-refractivity contribution in [1.29, 1.82) is 0 Å². The Hall–Kier alpha value is -0.850. The molecule has 2 saturated heterocycles. The van der Waals surface area contributed by atoms with Gasteiger partial charge in [-0.15, -0.1) is 6.04 Å². The van der Waals surface area contributed by atoms with Gasteiger partial charge >= 0.3 is 6.09 Å². The van der Waals surface area contributed by atoms with Crippen molar-refractivity contribution >= 4 is 6.09 Å². The van der Waals surface area contributed by atoms with E-state index in [2.05, 4.69) is 36.7 Å². The van der Waals surface area contributed by atoms with E-state index < -0.39 is 5.60 Å². The predicted octanol–water partition coefficient (Wildman–Crippen LogP) is 1.37. The molecule has 0 saturated carbocycles. The van der Waals surface area contributed by atoms with Crippen LogP contribution in [0.1, 0.15) is 41.5 Å². The first-order chi connectivity index (χ1) is 10.6. The number of piperazine rings is 2. The Bertz CT molecular complexity index is 352. The summed E-state index contributed by atoms with van der Waals surface area (Å²) >= 11 is 0. The third-order valence-corrected chi connectivity index (χ3v) is 3.58. The second-order valence-electron chi connectivity index (χ2n) is 7.78. The molecule has 0 aliphatic carbocycles. The van der Waals surface area contributed by atoms with E-state index >= 15 is 0 Å². The van der Waals surface area contributed by atoms with E-state index in [-0.39, 0.29) is 18.2 Å². The van der Waals surface area contributed by atoms with Crippen molar-refractivity contribution in [3.8, 4) is 0 Å². The van der Waals surface area contributed by atoms with Crippen molar-refractivity contribution in [3.05, 3.63) is 6.92 Å². The highest BCUT2D eigenvalue weighted by molar-refractivity contribution is 5.68. The van der Waals surface area contributed by atoms with Crippen LogP contribution in [0.5, 0.6) is 0 Å². The van der Waals surface area contributed by atoms with Crippen LogP contribution in [0.4, 0.5) is 4.79 Å². The van der Waals surface area contributed by atoms with E-state index in [1.54, 1.807) is 4.90 Å². The van der Waals surface area contributed by atoms with Crippen molar-refractivity contribution < 1.29 is 9.53 Å². The van der Waals surface area contributed by atoms with Crippen molar-refractivity contribution in [1.82, 2.24) is 20.9 Å². The number of nitrogens with zero attached hydrogens (tertiary/aromatic N) is 1. The van der Waals surface area contributed by atoms with E-state index in [9.17, 15) is 4.79 Å². The summed E-state index contributed by atoms with van der Waals surface area (Å²) in [6, 6.07) is 1.66. The van der Waals surface area contributed by atoms with Crippen LogP contribution in [-0.2, 0) is 4.74 Å². The fourth-order valence-corrected chi connectivity index (χ4v) is 2.77.